The third-order valence-electron chi connectivity index (χ3n) is 7.61. The predicted octanol–water partition coefficient (Wildman–Crippen LogP) is 3.77. The molecule has 3 heteroatoms. The van der Waals surface area contributed by atoms with Gasteiger partial charge >= 0.3 is 0 Å². The molecule has 1 heterocycles. The van der Waals surface area contributed by atoms with Crippen molar-refractivity contribution >= 4 is 11.5 Å². The van der Waals surface area contributed by atoms with Crippen LogP contribution in [0.5, 0.6) is 0 Å². The van der Waals surface area contributed by atoms with Gasteiger partial charge in [0.15, 0.2) is 0 Å². The zero-order chi connectivity index (χ0) is 18.4. The Hall–Kier alpha value is -1.87. The number of piperidine rings is 1. The molecule has 1 saturated carbocycles. The fourth-order valence-corrected chi connectivity index (χ4v) is 6.03. The minimum Gasteiger partial charge on any atom is -0.355 e. The van der Waals surface area contributed by atoms with Crippen molar-refractivity contribution in [2.75, 3.05) is 26.7 Å². The molecule has 3 atom stereocenters. The van der Waals surface area contributed by atoms with Crippen LogP contribution in [-0.2, 0) is 10.2 Å². The Labute approximate surface area is 162 Å². The lowest BCUT2D eigenvalue weighted by molar-refractivity contribution is -0.115. The van der Waals surface area contributed by atoms with E-state index < -0.39 is 0 Å². The number of carbonyl (C=O) groups excluding carboxylic acids is 1. The molecule has 1 saturated heterocycles. The maximum Gasteiger partial charge on any atom is 0.251 e. The highest BCUT2D eigenvalue weighted by Gasteiger charge is 2.42. The van der Waals surface area contributed by atoms with Gasteiger partial charge in [-0.3, -0.25) is 4.79 Å². The molecule has 1 N–H and O–H groups in total. The number of hydrogen-bond donors (Lipinski definition) is 1. The summed E-state index contributed by atoms with van der Waals surface area (Å²) >= 11 is 0. The molecule has 3 nitrogen and oxygen atoms in total. The summed E-state index contributed by atoms with van der Waals surface area (Å²) in [5.74, 6) is 2.60. The lowest BCUT2D eigenvalue weighted by atomic mass is 9.74. The second kappa shape index (κ2) is 6.63. The number of likely N-dealkylation sites (tertiary alicyclic amines) is 1. The maximum atomic E-state index is 12.4. The fraction of sp³-hybridized carbons (Fsp3) is 0.542. The number of allylic oxidation sites excluding steroid dienone is 3. The molecule has 142 valence electrons. The Kier molecular flexibility index (Phi) is 4.23. The number of hydrogen-bond acceptors (Lipinski definition) is 2. The summed E-state index contributed by atoms with van der Waals surface area (Å²) in [6.45, 7) is 3.54. The Morgan fingerprint density at radius 3 is 2.81 bits per heavy atom. The molecule has 1 amide bonds. The van der Waals surface area contributed by atoms with Crippen LogP contribution in [0.2, 0.25) is 0 Å². The summed E-state index contributed by atoms with van der Waals surface area (Å²) in [7, 11) is 1.73. The van der Waals surface area contributed by atoms with Crippen LogP contribution in [0.1, 0.15) is 43.2 Å². The van der Waals surface area contributed by atoms with E-state index >= 15 is 0 Å². The highest BCUT2D eigenvalue weighted by Crippen LogP contribution is 2.47. The number of nitrogens with one attached hydrogen (secondary N) is 1. The van der Waals surface area contributed by atoms with E-state index in [2.05, 4.69) is 52.7 Å². The molecule has 1 spiro atoms. The smallest absolute Gasteiger partial charge is 0.251 e. The average molecular weight is 363 g/mol. The molecule has 27 heavy (non-hydrogen) atoms. The second-order valence-corrected chi connectivity index (χ2v) is 9.02. The van der Waals surface area contributed by atoms with E-state index in [-0.39, 0.29) is 11.3 Å². The molecule has 1 aliphatic heterocycles. The molecule has 4 aliphatic rings. The molecule has 3 aliphatic carbocycles. The van der Waals surface area contributed by atoms with Crippen LogP contribution in [0.15, 0.2) is 42.5 Å². The number of fused-ring (bicyclic) bond motifs is 4. The Balaban J connectivity index is 1.31. The first kappa shape index (κ1) is 17.2. The van der Waals surface area contributed by atoms with E-state index in [1.807, 2.05) is 0 Å². The number of amides is 1. The van der Waals surface area contributed by atoms with Gasteiger partial charge < -0.3 is 10.2 Å². The topological polar surface area (TPSA) is 32.3 Å². The zero-order valence-corrected chi connectivity index (χ0v) is 16.3. The molecular formula is C24H30N2O. The normalized spacial score (nSPS) is 31.0. The van der Waals surface area contributed by atoms with Crippen LogP contribution in [-0.4, -0.2) is 37.5 Å². The second-order valence-electron chi connectivity index (χ2n) is 9.02. The van der Waals surface area contributed by atoms with E-state index in [1.165, 1.54) is 31.4 Å². The van der Waals surface area contributed by atoms with Crippen LogP contribution in [0.3, 0.4) is 0 Å². The van der Waals surface area contributed by atoms with Gasteiger partial charge in [-0.2, -0.15) is 0 Å². The lowest BCUT2D eigenvalue weighted by Crippen LogP contribution is -2.44. The number of likely N-dealkylation sites (N-methyl/N-ethyl adjacent to an activating group) is 1. The SMILES string of the molecule is CNC(=O)C1=CC2(CCN(CC3CCC4C=CC3C4)CC2)c2ccccc21. The molecule has 1 aromatic carbocycles. The van der Waals surface area contributed by atoms with E-state index in [9.17, 15) is 4.79 Å². The highest BCUT2D eigenvalue weighted by atomic mass is 16.1. The lowest BCUT2D eigenvalue weighted by Gasteiger charge is -2.41. The van der Waals surface area contributed by atoms with Gasteiger partial charge in [-0.15, -0.1) is 0 Å². The summed E-state index contributed by atoms with van der Waals surface area (Å²) in [5.41, 5.74) is 3.43. The molecule has 5 rings (SSSR count). The summed E-state index contributed by atoms with van der Waals surface area (Å²) in [6.07, 6.45) is 13.7. The number of carbonyl (C=O) groups is 1. The third-order valence-corrected chi connectivity index (χ3v) is 7.61. The van der Waals surface area contributed by atoms with E-state index in [0.717, 1.165) is 54.8 Å². The predicted molar refractivity (Wildman–Crippen MR) is 109 cm³/mol. The van der Waals surface area contributed by atoms with Gasteiger partial charge in [0.25, 0.3) is 5.91 Å². The van der Waals surface area contributed by atoms with Crippen LogP contribution < -0.4 is 5.32 Å². The average Bonchev–Trinajstić information content (AvgIpc) is 3.25. The molecule has 0 radical (unpaired) electrons. The minimum atomic E-state index is 0.0477. The maximum absolute atomic E-state index is 12.4. The minimum absolute atomic E-state index is 0.0477. The fourth-order valence-electron chi connectivity index (χ4n) is 6.03. The van der Waals surface area contributed by atoms with Crippen LogP contribution in [0.4, 0.5) is 0 Å². The molecule has 0 aromatic heterocycles. The molecule has 3 unspecified atom stereocenters. The van der Waals surface area contributed by atoms with E-state index in [0.29, 0.717) is 0 Å². The van der Waals surface area contributed by atoms with Crippen LogP contribution in [0, 0.1) is 17.8 Å². The van der Waals surface area contributed by atoms with Crippen LogP contribution in [0.25, 0.3) is 5.57 Å². The Bertz CT molecular complexity index is 800. The zero-order valence-electron chi connectivity index (χ0n) is 16.3. The Morgan fingerprint density at radius 2 is 2.00 bits per heavy atom. The van der Waals surface area contributed by atoms with Crippen LogP contribution >= 0.6 is 0 Å². The van der Waals surface area contributed by atoms with Gasteiger partial charge in [0.1, 0.15) is 0 Å². The van der Waals surface area contributed by atoms with Gasteiger partial charge in [0.2, 0.25) is 0 Å². The van der Waals surface area contributed by atoms with Gasteiger partial charge in [-0.25, -0.2) is 0 Å². The van der Waals surface area contributed by atoms with Crippen molar-refractivity contribution in [3.8, 4) is 0 Å². The standard InChI is InChI=1S/C24H30N2O/c1-25-23(27)21-15-24(22-5-3-2-4-20(21)22)10-12-26(13-11-24)16-19-9-7-17-6-8-18(19)14-17/h2-6,8,15,17-19H,7,9-14,16H2,1H3,(H,25,27). The quantitative estimate of drug-likeness (QED) is 0.830. The van der Waals surface area contributed by atoms with Gasteiger partial charge in [0.05, 0.1) is 0 Å². The highest BCUT2D eigenvalue weighted by molar-refractivity contribution is 6.21. The van der Waals surface area contributed by atoms with Gasteiger partial charge in [-0.05, 0) is 74.1 Å². The number of rotatable bonds is 3. The van der Waals surface area contributed by atoms with Crippen molar-refractivity contribution < 1.29 is 4.79 Å². The first-order valence-electron chi connectivity index (χ1n) is 10.6. The van der Waals surface area contributed by atoms with Crippen molar-refractivity contribution in [1.29, 1.82) is 0 Å². The molecule has 2 bridgehead atoms. The molecule has 1 aromatic rings. The summed E-state index contributed by atoms with van der Waals surface area (Å²) in [5, 5.41) is 2.82. The van der Waals surface area contributed by atoms with Crippen molar-refractivity contribution in [1.82, 2.24) is 10.2 Å². The Morgan fingerprint density at radius 1 is 1.19 bits per heavy atom. The summed E-state index contributed by atoms with van der Waals surface area (Å²) in [4.78, 5) is 15.1. The summed E-state index contributed by atoms with van der Waals surface area (Å²) in [6, 6.07) is 8.53. The van der Waals surface area contributed by atoms with Crippen molar-refractivity contribution in [2.45, 2.75) is 37.5 Å². The van der Waals surface area contributed by atoms with Crippen molar-refractivity contribution in [3.05, 3.63) is 53.6 Å². The van der Waals surface area contributed by atoms with E-state index in [4.69, 9.17) is 0 Å². The first-order valence-corrected chi connectivity index (χ1v) is 10.6. The van der Waals surface area contributed by atoms with E-state index in [1.54, 1.807) is 7.05 Å². The molecule has 2 fully saturated rings. The number of benzene rings is 1. The van der Waals surface area contributed by atoms with Gasteiger partial charge in [-0.1, -0.05) is 42.5 Å². The summed E-state index contributed by atoms with van der Waals surface area (Å²) < 4.78 is 0. The third kappa shape index (κ3) is 2.87. The van der Waals surface area contributed by atoms with Gasteiger partial charge in [0, 0.05) is 24.6 Å². The largest absolute Gasteiger partial charge is 0.355 e. The van der Waals surface area contributed by atoms with Crippen molar-refractivity contribution in [2.24, 2.45) is 17.8 Å². The molecular weight excluding hydrogens is 332 g/mol. The number of nitrogens with zero attached hydrogens (tertiary/aromatic N) is 1. The monoisotopic (exact) mass is 362 g/mol. The van der Waals surface area contributed by atoms with Crippen molar-refractivity contribution in [3.63, 3.8) is 0 Å². The first-order chi connectivity index (χ1) is 13.2.